The van der Waals surface area contributed by atoms with Crippen LogP contribution in [0.15, 0.2) is 132 Å². The molecule has 0 fully saturated rings. The molecule has 0 bridgehead atoms. The maximum Gasteiger partial charge on any atom is 0.340 e. The topological polar surface area (TPSA) is 121 Å². The molecule has 0 N–H and O–H groups in total. The molecule has 7 aromatic rings. The van der Waals surface area contributed by atoms with Crippen LogP contribution in [0, 0.1) is 0 Å². The highest BCUT2D eigenvalue weighted by molar-refractivity contribution is 7.22. The van der Waals surface area contributed by atoms with Crippen molar-refractivity contribution in [3.8, 4) is 0 Å². The van der Waals surface area contributed by atoms with Crippen molar-refractivity contribution in [1.82, 2.24) is 0 Å². The minimum atomic E-state index is -0.674. The van der Waals surface area contributed by atoms with E-state index in [2.05, 4.69) is 0 Å². The van der Waals surface area contributed by atoms with Gasteiger partial charge in [0, 0.05) is 42.8 Å². The van der Waals surface area contributed by atoms with Crippen LogP contribution in [0.3, 0.4) is 0 Å². The highest BCUT2D eigenvalue weighted by Crippen LogP contribution is 2.44. The number of fused-ring (bicyclic) bond motifs is 4. The van der Waals surface area contributed by atoms with Crippen LogP contribution in [-0.2, 0) is 22.7 Å². The van der Waals surface area contributed by atoms with Crippen molar-refractivity contribution in [3.05, 3.63) is 187 Å². The zero-order valence-electron chi connectivity index (χ0n) is 29.2. The third-order valence-electron chi connectivity index (χ3n) is 9.71. The molecule has 8 nitrogen and oxygen atoms in total. The Kier molecular flexibility index (Phi) is 8.76. The number of benzene rings is 5. The van der Waals surface area contributed by atoms with E-state index in [1.165, 1.54) is 12.2 Å². The molecule has 0 radical (unpaired) electrons. The summed E-state index contributed by atoms with van der Waals surface area (Å²) in [6, 6.07) is 34.9. The van der Waals surface area contributed by atoms with Gasteiger partial charge in [-0.2, -0.15) is 0 Å². The molecular formula is C46H26O8S2. The molecule has 9 rings (SSSR count). The number of carbonyl (C=O) groups excluding carboxylic acids is 6. The number of esters is 2. The first-order chi connectivity index (χ1) is 27.3. The Morgan fingerprint density at radius 1 is 0.464 bits per heavy atom. The van der Waals surface area contributed by atoms with E-state index in [0.717, 1.165) is 33.8 Å². The lowest BCUT2D eigenvalue weighted by Crippen LogP contribution is -2.10. The van der Waals surface area contributed by atoms with E-state index in [0.29, 0.717) is 52.2 Å². The molecule has 2 aliphatic carbocycles. The molecule has 0 amide bonds. The second-order valence-electron chi connectivity index (χ2n) is 13.2. The Hall–Kier alpha value is -6.88. The maximum atomic E-state index is 14.3. The SMILES string of the molecule is O=C1C(=Cc2cc3c(C(=O)OCc4ccccc4)c4sc(C=C5C(=O)c6ccccc6C5=O)cc4c(C(=O)OCc4ccccc4)c3s2)C(=O)c2ccccc21. The maximum absolute atomic E-state index is 14.3. The fourth-order valence-corrected chi connectivity index (χ4v) is 9.35. The Balaban J connectivity index is 1.23. The van der Waals surface area contributed by atoms with E-state index in [-0.39, 0.29) is 35.5 Å². The molecule has 0 saturated carbocycles. The van der Waals surface area contributed by atoms with E-state index in [1.807, 2.05) is 60.7 Å². The van der Waals surface area contributed by atoms with Crippen LogP contribution in [0.2, 0.25) is 0 Å². The first-order valence-corrected chi connectivity index (χ1v) is 19.2. The molecule has 0 spiro atoms. The number of ketones is 4. The molecule has 56 heavy (non-hydrogen) atoms. The Morgan fingerprint density at radius 3 is 1.12 bits per heavy atom. The highest BCUT2D eigenvalue weighted by atomic mass is 32.1. The van der Waals surface area contributed by atoms with Gasteiger partial charge in [0.05, 0.1) is 31.7 Å². The number of allylic oxidation sites excluding steroid dienone is 2. The Morgan fingerprint density at radius 2 is 0.786 bits per heavy atom. The molecule has 270 valence electrons. The first-order valence-electron chi connectivity index (χ1n) is 17.5. The number of thiophene rings is 2. The summed E-state index contributed by atoms with van der Waals surface area (Å²) < 4.78 is 12.5. The molecule has 5 aromatic carbocycles. The normalized spacial score (nSPS) is 13.4. The number of Topliss-reactive ketones (excluding diaryl/α,β-unsaturated/α-hetero) is 4. The van der Waals surface area contributed by atoms with Gasteiger partial charge in [-0.3, -0.25) is 19.2 Å². The molecule has 0 aliphatic heterocycles. The lowest BCUT2D eigenvalue weighted by Gasteiger charge is -2.11. The predicted molar refractivity (Wildman–Crippen MR) is 214 cm³/mol. The molecule has 2 aliphatic rings. The van der Waals surface area contributed by atoms with Crippen molar-refractivity contribution in [3.63, 3.8) is 0 Å². The summed E-state index contributed by atoms with van der Waals surface area (Å²) in [7, 11) is 0. The minimum absolute atomic E-state index is 0.0261. The summed E-state index contributed by atoms with van der Waals surface area (Å²) >= 11 is 2.26. The van der Waals surface area contributed by atoms with Gasteiger partial charge < -0.3 is 9.47 Å². The number of rotatable bonds is 8. The molecule has 0 unspecified atom stereocenters. The standard InChI is InChI=1S/C46H26O8S2/c47-39-29-15-7-8-16-30(29)40(48)35(39)21-27-19-33-37(45(51)53-23-25-11-3-1-4-12-25)43-34(38(44(33)56-27)46(52)54-24-26-13-5-2-6-14-26)20-28(55-43)22-36-41(49)31-17-9-10-18-32(31)42(36)50/h1-22H,23-24H2. The predicted octanol–water partition coefficient (Wildman–Crippen LogP) is 9.76. The van der Waals surface area contributed by atoms with E-state index < -0.39 is 35.1 Å². The van der Waals surface area contributed by atoms with Crippen molar-refractivity contribution in [2.24, 2.45) is 0 Å². The summed E-state index contributed by atoms with van der Waals surface area (Å²) in [6.07, 6.45) is 2.98. The lowest BCUT2D eigenvalue weighted by molar-refractivity contribution is 0.0465. The van der Waals surface area contributed by atoms with Gasteiger partial charge >= 0.3 is 11.9 Å². The second kappa shape index (κ2) is 14.1. The average Bonchev–Trinajstić information content (AvgIpc) is 3.96. The summed E-state index contributed by atoms with van der Waals surface area (Å²) in [5.74, 6) is -3.00. The van der Waals surface area contributed by atoms with Gasteiger partial charge in [-0.1, -0.05) is 109 Å². The molecule has 0 atom stereocenters. The van der Waals surface area contributed by atoms with Gasteiger partial charge in [-0.05, 0) is 35.4 Å². The van der Waals surface area contributed by atoms with Gasteiger partial charge in [0.15, 0.2) is 23.1 Å². The van der Waals surface area contributed by atoms with Crippen LogP contribution in [-0.4, -0.2) is 35.1 Å². The average molecular weight is 771 g/mol. The van der Waals surface area contributed by atoms with Crippen molar-refractivity contribution in [2.75, 3.05) is 0 Å². The van der Waals surface area contributed by atoms with E-state index >= 15 is 0 Å². The van der Waals surface area contributed by atoms with Crippen LogP contribution in [0.4, 0.5) is 0 Å². The van der Waals surface area contributed by atoms with Crippen LogP contribution in [0.25, 0.3) is 32.3 Å². The molecule has 10 heteroatoms. The molecule has 0 saturated heterocycles. The third-order valence-corrected chi connectivity index (χ3v) is 11.9. The van der Waals surface area contributed by atoms with E-state index in [4.69, 9.17) is 9.47 Å². The highest BCUT2D eigenvalue weighted by Gasteiger charge is 2.35. The summed E-state index contributed by atoms with van der Waals surface area (Å²) in [5, 5.41) is 0.715. The number of hydrogen-bond acceptors (Lipinski definition) is 10. The molecule has 2 heterocycles. The van der Waals surface area contributed by atoms with Crippen LogP contribution < -0.4 is 0 Å². The number of ether oxygens (including phenoxy) is 2. The Labute approximate surface area is 326 Å². The van der Waals surface area contributed by atoms with Crippen LogP contribution >= 0.6 is 22.7 Å². The zero-order valence-corrected chi connectivity index (χ0v) is 30.8. The van der Waals surface area contributed by atoms with Gasteiger partial charge in [0.25, 0.3) is 0 Å². The number of hydrogen-bond donors (Lipinski definition) is 0. The smallest absolute Gasteiger partial charge is 0.340 e. The van der Waals surface area contributed by atoms with E-state index in [9.17, 15) is 28.8 Å². The summed E-state index contributed by atoms with van der Waals surface area (Å²) in [5.41, 5.74) is 3.02. The third kappa shape index (κ3) is 6.01. The number of carbonyl (C=O) groups is 6. The van der Waals surface area contributed by atoms with E-state index in [1.54, 1.807) is 60.7 Å². The van der Waals surface area contributed by atoms with Gasteiger partial charge in [-0.25, -0.2) is 9.59 Å². The summed E-state index contributed by atoms with van der Waals surface area (Å²) in [4.78, 5) is 83.0. The monoisotopic (exact) mass is 770 g/mol. The van der Waals surface area contributed by atoms with Crippen LogP contribution in [0.1, 0.15) is 83.0 Å². The zero-order chi connectivity index (χ0) is 38.5. The fourth-order valence-electron chi connectivity index (χ4n) is 7.04. The fraction of sp³-hybridized carbons (Fsp3) is 0.0435. The van der Waals surface area contributed by atoms with Crippen molar-refractivity contribution < 1.29 is 38.2 Å². The first kappa shape index (κ1) is 34.9. The Bertz CT molecular complexity index is 2590. The minimum Gasteiger partial charge on any atom is -0.457 e. The second-order valence-corrected chi connectivity index (χ2v) is 15.3. The summed E-state index contributed by atoms with van der Waals surface area (Å²) in [6.45, 7) is -0.0647. The van der Waals surface area contributed by atoms with Gasteiger partial charge in [0.2, 0.25) is 0 Å². The van der Waals surface area contributed by atoms with Crippen molar-refractivity contribution in [2.45, 2.75) is 13.2 Å². The van der Waals surface area contributed by atoms with Crippen LogP contribution in [0.5, 0.6) is 0 Å². The quantitative estimate of drug-likeness (QED) is 0.0851. The van der Waals surface area contributed by atoms with Crippen molar-refractivity contribution in [1.29, 1.82) is 0 Å². The molecular weight excluding hydrogens is 745 g/mol. The lowest BCUT2D eigenvalue weighted by atomic mass is 10.0. The van der Waals surface area contributed by atoms with Gasteiger partial charge in [-0.15, -0.1) is 22.7 Å². The van der Waals surface area contributed by atoms with Gasteiger partial charge in [0.1, 0.15) is 13.2 Å². The largest absolute Gasteiger partial charge is 0.457 e. The van der Waals surface area contributed by atoms with Crippen molar-refractivity contribution >= 4 is 90.1 Å². The molecule has 2 aromatic heterocycles.